The van der Waals surface area contributed by atoms with Gasteiger partial charge in [-0.15, -0.1) is 0 Å². The second kappa shape index (κ2) is 4.74. The average molecular weight is 240 g/mol. The molecule has 1 saturated heterocycles. The van der Waals surface area contributed by atoms with Crippen molar-refractivity contribution in [3.8, 4) is 0 Å². The number of rotatable bonds is 2. The maximum absolute atomic E-state index is 10.4. The Morgan fingerprint density at radius 3 is 2.94 bits per heavy atom. The fourth-order valence-electron chi connectivity index (χ4n) is 2.25. The molecule has 0 saturated carbocycles. The first-order valence-corrected chi connectivity index (χ1v) is 6.15. The molecule has 1 aliphatic heterocycles. The summed E-state index contributed by atoms with van der Waals surface area (Å²) >= 11 is 6.18. The molecule has 1 unspecified atom stereocenters. The molecular formula is C13H18ClNO. The molecular weight excluding hydrogens is 222 g/mol. The van der Waals surface area contributed by atoms with Crippen molar-refractivity contribution < 1.29 is 5.11 Å². The first kappa shape index (κ1) is 11.9. The van der Waals surface area contributed by atoms with Crippen LogP contribution in [0.15, 0.2) is 18.2 Å². The van der Waals surface area contributed by atoms with Crippen molar-refractivity contribution in [1.29, 1.82) is 0 Å². The molecule has 1 heterocycles. The molecule has 2 nitrogen and oxygen atoms in total. The lowest BCUT2D eigenvalue weighted by molar-refractivity contribution is 0.0169. The minimum Gasteiger partial charge on any atom is -0.388 e. The van der Waals surface area contributed by atoms with E-state index in [9.17, 15) is 5.11 Å². The summed E-state index contributed by atoms with van der Waals surface area (Å²) in [5, 5.41) is 14.4. The van der Waals surface area contributed by atoms with Crippen molar-refractivity contribution in [2.45, 2.75) is 31.8 Å². The Morgan fingerprint density at radius 1 is 1.50 bits per heavy atom. The minimum absolute atomic E-state index is 0.628. The van der Waals surface area contributed by atoms with E-state index < -0.39 is 5.60 Å². The Bertz CT molecular complexity index is 372. The molecule has 3 heteroatoms. The van der Waals surface area contributed by atoms with Gasteiger partial charge in [0.15, 0.2) is 0 Å². The molecule has 1 aromatic carbocycles. The molecule has 2 N–H and O–H groups in total. The van der Waals surface area contributed by atoms with Gasteiger partial charge in [-0.1, -0.05) is 23.7 Å². The number of nitrogens with one attached hydrogen (secondary N) is 1. The average Bonchev–Trinajstić information content (AvgIpc) is 2.23. The van der Waals surface area contributed by atoms with E-state index in [0.717, 1.165) is 35.5 Å². The number of aryl methyl sites for hydroxylation is 1. The monoisotopic (exact) mass is 239 g/mol. The molecule has 16 heavy (non-hydrogen) atoms. The normalized spacial score (nSPS) is 25.7. The van der Waals surface area contributed by atoms with Crippen molar-refractivity contribution in [3.05, 3.63) is 34.3 Å². The van der Waals surface area contributed by atoms with Crippen LogP contribution in [0.25, 0.3) is 0 Å². The van der Waals surface area contributed by atoms with Crippen molar-refractivity contribution in [2.24, 2.45) is 0 Å². The predicted molar refractivity (Wildman–Crippen MR) is 66.9 cm³/mol. The van der Waals surface area contributed by atoms with Gasteiger partial charge < -0.3 is 10.4 Å². The highest BCUT2D eigenvalue weighted by atomic mass is 35.5. The minimum atomic E-state index is -0.628. The lowest BCUT2D eigenvalue weighted by Crippen LogP contribution is -2.47. The molecule has 1 aliphatic rings. The van der Waals surface area contributed by atoms with Gasteiger partial charge in [0.1, 0.15) is 0 Å². The second-order valence-corrected chi connectivity index (χ2v) is 5.18. The first-order chi connectivity index (χ1) is 7.59. The van der Waals surface area contributed by atoms with Crippen LogP contribution in [0.2, 0.25) is 5.02 Å². The van der Waals surface area contributed by atoms with Gasteiger partial charge in [0.2, 0.25) is 0 Å². The van der Waals surface area contributed by atoms with Gasteiger partial charge >= 0.3 is 0 Å². The van der Waals surface area contributed by atoms with Gasteiger partial charge in [-0.2, -0.15) is 0 Å². The van der Waals surface area contributed by atoms with Gasteiger partial charge in [-0.05, 0) is 43.5 Å². The zero-order valence-corrected chi connectivity index (χ0v) is 10.3. The fraction of sp³-hybridized carbons (Fsp3) is 0.538. The fourth-order valence-corrected chi connectivity index (χ4v) is 2.55. The van der Waals surface area contributed by atoms with Gasteiger partial charge in [-0.3, -0.25) is 0 Å². The van der Waals surface area contributed by atoms with Crippen LogP contribution >= 0.6 is 11.6 Å². The molecule has 1 aromatic rings. The number of β-amino-alcohol motifs (C(OH)–C–C–N with tert-alkyl or cyclic N) is 1. The van der Waals surface area contributed by atoms with Crippen molar-refractivity contribution >= 4 is 11.6 Å². The van der Waals surface area contributed by atoms with Crippen molar-refractivity contribution in [2.75, 3.05) is 13.1 Å². The molecule has 2 rings (SSSR count). The third-order valence-electron chi connectivity index (χ3n) is 3.18. The number of aliphatic hydroxyl groups is 1. The van der Waals surface area contributed by atoms with Crippen LogP contribution in [0, 0.1) is 6.92 Å². The van der Waals surface area contributed by atoms with Crippen molar-refractivity contribution in [3.63, 3.8) is 0 Å². The highest BCUT2D eigenvalue weighted by Crippen LogP contribution is 2.26. The van der Waals surface area contributed by atoms with Crippen molar-refractivity contribution in [1.82, 2.24) is 5.32 Å². The lowest BCUT2D eigenvalue weighted by Gasteiger charge is -2.33. The van der Waals surface area contributed by atoms with Crippen LogP contribution in [0.4, 0.5) is 0 Å². The lowest BCUT2D eigenvalue weighted by atomic mass is 9.87. The summed E-state index contributed by atoms with van der Waals surface area (Å²) in [4.78, 5) is 0. The van der Waals surface area contributed by atoms with E-state index in [1.165, 1.54) is 0 Å². The van der Waals surface area contributed by atoms with E-state index in [-0.39, 0.29) is 0 Å². The number of piperidine rings is 1. The SMILES string of the molecule is Cc1ccc(CC2(O)CCCNC2)c(Cl)c1. The Hall–Kier alpha value is -0.570. The molecule has 0 amide bonds. The third-order valence-corrected chi connectivity index (χ3v) is 3.53. The van der Waals surface area contributed by atoms with Crippen LogP contribution in [0.5, 0.6) is 0 Å². The summed E-state index contributed by atoms with van der Waals surface area (Å²) in [6.45, 7) is 3.69. The summed E-state index contributed by atoms with van der Waals surface area (Å²) in [5.74, 6) is 0. The Kier molecular flexibility index (Phi) is 3.53. The van der Waals surface area contributed by atoms with Crippen LogP contribution in [-0.2, 0) is 6.42 Å². The van der Waals surface area contributed by atoms with E-state index in [4.69, 9.17) is 11.6 Å². The van der Waals surface area contributed by atoms with E-state index in [0.29, 0.717) is 13.0 Å². The zero-order chi connectivity index (χ0) is 11.6. The number of benzene rings is 1. The van der Waals surface area contributed by atoms with Gasteiger partial charge in [0.25, 0.3) is 0 Å². The zero-order valence-electron chi connectivity index (χ0n) is 9.59. The summed E-state index contributed by atoms with van der Waals surface area (Å²) in [7, 11) is 0. The molecule has 1 fully saturated rings. The topological polar surface area (TPSA) is 32.3 Å². The molecule has 0 radical (unpaired) electrons. The van der Waals surface area contributed by atoms with E-state index in [1.54, 1.807) is 0 Å². The molecule has 0 spiro atoms. The number of hydrogen-bond acceptors (Lipinski definition) is 2. The maximum atomic E-state index is 10.4. The highest BCUT2D eigenvalue weighted by molar-refractivity contribution is 6.31. The first-order valence-electron chi connectivity index (χ1n) is 5.77. The highest BCUT2D eigenvalue weighted by Gasteiger charge is 2.29. The second-order valence-electron chi connectivity index (χ2n) is 4.78. The molecule has 0 bridgehead atoms. The maximum Gasteiger partial charge on any atom is 0.0812 e. The summed E-state index contributed by atoms with van der Waals surface area (Å²) in [6, 6.07) is 6.02. The van der Waals surface area contributed by atoms with E-state index >= 15 is 0 Å². The standard InChI is InChI=1S/C13H18ClNO/c1-10-3-4-11(12(14)7-10)8-13(16)5-2-6-15-9-13/h3-4,7,15-16H,2,5-6,8-9H2,1H3. The number of halogens is 1. The van der Waals surface area contributed by atoms with Gasteiger partial charge in [0, 0.05) is 18.0 Å². The van der Waals surface area contributed by atoms with Crippen LogP contribution in [-0.4, -0.2) is 23.8 Å². The smallest absolute Gasteiger partial charge is 0.0812 e. The quantitative estimate of drug-likeness (QED) is 0.830. The molecule has 88 valence electrons. The summed E-state index contributed by atoms with van der Waals surface area (Å²) < 4.78 is 0. The van der Waals surface area contributed by atoms with Gasteiger partial charge in [0.05, 0.1) is 5.60 Å². The van der Waals surface area contributed by atoms with E-state index in [1.807, 2.05) is 25.1 Å². The largest absolute Gasteiger partial charge is 0.388 e. The van der Waals surface area contributed by atoms with Crippen LogP contribution in [0.3, 0.4) is 0 Å². The summed E-state index contributed by atoms with van der Waals surface area (Å²) in [6.07, 6.45) is 2.52. The molecule has 0 aliphatic carbocycles. The predicted octanol–water partition coefficient (Wildman–Crippen LogP) is 2.31. The summed E-state index contributed by atoms with van der Waals surface area (Å²) in [5.41, 5.74) is 1.57. The molecule has 0 aromatic heterocycles. The van der Waals surface area contributed by atoms with Gasteiger partial charge in [-0.25, -0.2) is 0 Å². The molecule has 1 atom stereocenters. The van der Waals surface area contributed by atoms with Crippen LogP contribution in [0.1, 0.15) is 24.0 Å². The van der Waals surface area contributed by atoms with E-state index in [2.05, 4.69) is 5.32 Å². The Labute approximate surface area is 102 Å². The Morgan fingerprint density at radius 2 is 2.31 bits per heavy atom. The Balaban J connectivity index is 2.13. The van der Waals surface area contributed by atoms with Crippen LogP contribution < -0.4 is 5.32 Å². The number of hydrogen-bond donors (Lipinski definition) is 2. The third kappa shape index (κ3) is 2.76.